The van der Waals surface area contributed by atoms with Crippen LogP contribution in [0.15, 0.2) is 27.9 Å². The maximum absolute atomic E-state index is 12.6. The van der Waals surface area contributed by atoms with Crippen molar-refractivity contribution in [1.82, 2.24) is 15.5 Å². The second-order valence-corrected chi connectivity index (χ2v) is 4.86. The summed E-state index contributed by atoms with van der Waals surface area (Å²) in [6.45, 7) is 1.66. The number of ether oxygens (including phenoxy) is 1. The molecule has 8 nitrogen and oxygen atoms in total. The van der Waals surface area contributed by atoms with E-state index in [0.717, 1.165) is 0 Å². The van der Waals surface area contributed by atoms with Crippen LogP contribution in [0.3, 0.4) is 0 Å². The van der Waals surface area contributed by atoms with E-state index in [0.29, 0.717) is 5.56 Å². The number of rotatable bonds is 5. The summed E-state index contributed by atoms with van der Waals surface area (Å²) in [5.74, 6) is -1.71. The van der Waals surface area contributed by atoms with Gasteiger partial charge in [0.05, 0.1) is 12.7 Å². The lowest BCUT2D eigenvalue weighted by Gasteiger charge is -2.12. The van der Waals surface area contributed by atoms with Gasteiger partial charge in [-0.25, -0.2) is 0 Å². The van der Waals surface area contributed by atoms with E-state index in [-0.39, 0.29) is 35.3 Å². The van der Waals surface area contributed by atoms with Crippen molar-refractivity contribution < 1.29 is 32.1 Å². The number of nitrogens with zero attached hydrogens (tertiary/aromatic N) is 3. The highest BCUT2D eigenvalue weighted by Crippen LogP contribution is 2.31. The number of benzene rings is 1. The normalized spacial score (nSPS) is 12.0. The predicted molar refractivity (Wildman–Crippen MR) is 83.3 cm³/mol. The molecule has 0 spiro atoms. The summed E-state index contributed by atoms with van der Waals surface area (Å²) in [5.41, 5.74) is 0.586. The predicted octanol–water partition coefficient (Wildman–Crippen LogP) is 2.60. The van der Waals surface area contributed by atoms with Gasteiger partial charge in [0.25, 0.3) is 0 Å². The molecule has 1 heterocycles. The molecule has 0 saturated heterocycles. The van der Waals surface area contributed by atoms with Crippen molar-refractivity contribution >= 4 is 11.7 Å². The van der Waals surface area contributed by atoms with E-state index in [9.17, 15) is 18.0 Å². The minimum absolute atomic E-state index is 0.0897. The number of aromatic nitrogens is 2. The molecule has 0 fully saturated rings. The van der Waals surface area contributed by atoms with E-state index in [1.165, 1.54) is 32.4 Å². The molecule has 0 aliphatic heterocycles. The summed E-state index contributed by atoms with van der Waals surface area (Å²) in [7, 11) is 2.66. The SMILES string of the molecule is CCC(=O)N/C(=N/OC)c1ccc(-c2noc(C(F)(F)F)n2)cc1OC. The third-order valence-corrected chi connectivity index (χ3v) is 3.14. The number of methoxy groups -OCH3 is 1. The standard InChI is InChI=1S/C15H15F3N4O4/c1-4-11(23)19-13(21-25-3)9-6-5-8(7-10(9)24-2)12-20-14(26-22-12)15(16,17)18/h5-7H,4H2,1-3H3,(H,19,21,23). The molecule has 140 valence electrons. The van der Waals surface area contributed by atoms with Crippen LogP contribution in [0.1, 0.15) is 24.8 Å². The number of carbonyl (C=O) groups excluding carboxylic acids is 1. The van der Waals surface area contributed by atoms with Crippen molar-refractivity contribution in [1.29, 1.82) is 0 Å². The zero-order valence-corrected chi connectivity index (χ0v) is 14.0. The first-order valence-electron chi connectivity index (χ1n) is 7.30. The molecular weight excluding hydrogens is 357 g/mol. The fourth-order valence-corrected chi connectivity index (χ4v) is 1.93. The maximum Gasteiger partial charge on any atom is 0.471 e. The highest BCUT2D eigenvalue weighted by Gasteiger charge is 2.38. The summed E-state index contributed by atoms with van der Waals surface area (Å²) >= 11 is 0. The molecule has 0 unspecified atom stereocenters. The van der Waals surface area contributed by atoms with Gasteiger partial charge in [-0.15, -0.1) is 0 Å². The van der Waals surface area contributed by atoms with Crippen LogP contribution >= 0.6 is 0 Å². The van der Waals surface area contributed by atoms with Crippen LogP contribution in [0.5, 0.6) is 5.75 Å². The van der Waals surface area contributed by atoms with Crippen molar-refractivity contribution in [2.24, 2.45) is 5.16 Å². The van der Waals surface area contributed by atoms with E-state index in [4.69, 9.17) is 9.57 Å². The zero-order chi connectivity index (χ0) is 19.3. The summed E-state index contributed by atoms with van der Waals surface area (Å²) in [5, 5.41) is 9.60. The number of amidine groups is 1. The highest BCUT2D eigenvalue weighted by molar-refractivity contribution is 6.09. The fourth-order valence-electron chi connectivity index (χ4n) is 1.93. The van der Waals surface area contributed by atoms with Gasteiger partial charge in [0.2, 0.25) is 11.7 Å². The first kappa shape index (κ1) is 19.2. The smallest absolute Gasteiger partial charge is 0.471 e. The Hall–Kier alpha value is -3.11. The van der Waals surface area contributed by atoms with Crippen molar-refractivity contribution in [3.63, 3.8) is 0 Å². The van der Waals surface area contributed by atoms with Gasteiger partial charge in [-0.05, 0) is 12.1 Å². The Kier molecular flexibility index (Phi) is 5.80. The van der Waals surface area contributed by atoms with Gasteiger partial charge in [-0.1, -0.05) is 23.3 Å². The molecule has 11 heteroatoms. The fraction of sp³-hybridized carbons (Fsp3) is 0.333. The Morgan fingerprint density at radius 3 is 2.62 bits per heavy atom. The molecule has 0 bridgehead atoms. The quantitative estimate of drug-likeness (QED) is 0.492. The third kappa shape index (κ3) is 4.29. The van der Waals surface area contributed by atoms with Crippen LogP contribution in [0.2, 0.25) is 0 Å². The third-order valence-electron chi connectivity index (χ3n) is 3.14. The number of oxime groups is 1. The molecule has 2 aromatic rings. The molecule has 2 rings (SSSR count). The van der Waals surface area contributed by atoms with Crippen molar-refractivity contribution in [2.75, 3.05) is 14.2 Å². The molecule has 1 aromatic carbocycles. The van der Waals surface area contributed by atoms with Crippen molar-refractivity contribution in [3.05, 3.63) is 29.7 Å². The molecule has 1 amide bonds. The van der Waals surface area contributed by atoms with Gasteiger partial charge in [0.1, 0.15) is 12.9 Å². The molecule has 0 atom stereocenters. The lowest BCUT2D eigenvalue weighted by molar-refractivity contribution is -0.159. The lowest BCUT2D eigenvalue weighted by Crippen LogP contribution is -2.31. The topological polar surface area (TPSA) is 98.8 Å². The first-order chi connectivity index (χ1) is 12.3. The Morgan fingerprint density at radius 2 is 2.08 bits per heavy atom. The van der Waals surface area contributed by atoms with Crippen LogP contribution in [-0.2, 0) is 15.8 Å². The molecular formula is C15H15F3N4O4. The average molecular weight is 372 g/mol. The van der Waals surface area contributed by atoms with Crippen molar-refractivity contribution in [2.45, 2.75) is 19.5 Å². The average Bonchev–Trinajstić information content (AvgIpc) is 3.11. The Morgan fingerprint density at radius 1 is 1.35 bits per heavy atom. The maximum atomic E-state index is 12.6. The molecule has 0 aliphatic carbocycles. The molecule has 0 saturated carbocycles. The van der Waals surface area contributed by atoms with Gasteiger partial charge < -0.3 is 19.4 Å². The van der Waals surface area contributed by atoms with Crippen LogP contribution in [-0.4, -0.2) is 36.1 Å². The molecule has 1 N–H and O–H groups in total. The largest absolute Gasteiger partial charge is 0.496 e. The number of hydrogen-bond donors (Lipinski definition) is 1. The molecule has 0 radical (unpaired) electrons. The Labute approximate surface area is 146 Å². The van der Waals surface area contributed by atoms with Gasteiger partial charge in [-0.3, -0.25) is 4.79 Å². The Bertz CT molecular complexity index is 817. The second kappa shape index (κ2) is 7.85. The zero-order valence-electron chi connectivity index (χ0n) is 14.0. The number of alkyl halides is 3. The molecule has 26 heavy (non-hydrogen) atoms. The number of amides is 1. The Balaban J connectivity index is 2.42. The highest BCUT2D eigenvalue weighted by atomic mass is 19.4. The minimum atomic E-state index is -4.74. The van der Waals surface area contributed by atoms with Crippen LogP contribution in [0.25, 0.3) is 11.4 Å². The summed E-state index contributed by atoms with van der Waals surface area (Å²) < 4.78 is 47.2. The first-order valence-corrected chi connectivity index (χ1v) is 7.30. The minimum Gasteiger partial charge on any atom is -0.496 e. The summed E-state index contributed by atoms with van der Waals surface area (Å²) in [6, 6.07) is 4.31. The van der Waals surface area contributed by atoms with Gasteiger partial charge in [0.15, 0.2) is 5.84 Å². The monoisotopic (exact) mass is 372 g/mol. The molecule has 0 aliphatic rings. The van der Waals surface area contributed by atoms with Crippen molar-refractivity contribution in [3.8, 4) is 17.1 Å². The van der Waals surface area contributed by atoms with Gasteiger partial charge in [-0.2, -0.15) is 18.2 Å². The number of hydrogen-bond acceptors (Lipinski definition) is 7. The van der Waals surface area contributed by atoms with E-state index in [1.807, 2.05) is 0 Å². The number of halogens is 3. The van der Waals surface area contributed by atoms with E-state index < -0.39 is 12.1 Å². The van der Waals surface area contributed by atoms with Gasteiger partial charge >= 0.3 is 12.1 Å². The van der Waals surface area contributed by atoms with Gasteiger partial charge in [0, 0.05) is 12.0 Å². The summed E-state index contributed by atoms with van der Waals surface area (Å²) in [6.07, 6.45) is -4.52. The number of nitrogens with one attached hydrogen (secondary N) is 1. The molecule has 1 aromatic heterocycles. The second-order valence-electron chi connectivity index (χ2n) is 4.86. The van der Waals surface area contributed by atoms with E-state index in [2.05, 4.69) is 25.1 Å². The van der Waals surface area contributed by atoms with Crippen LogP contribution < -0.4 is 10.1 Å². The van der Waals surface area contributed by atoms with Crippen LogP contribution in [0, 0.1) is 0 Å². The van der Waals surface area contributed by atoms with Crippen LogP contribution in [0.4, 0.5) is 13.2 Å². The summed E-state index contributed by atoms with van der Waals surface area (Å²) in [4.78, 5) is 19.7. The van der Waals surface area contributed by atoms with E-state index in [1.54, 1.807) is 6.92 Å². The van der Waals surface area contributed by atoms with E-state index >= 15 is 0 Å². The lowest BCUT2D eigenvalue weighted by atomic mass is 10.1. The number of carbonyl (C=O) groups is 1.